The molecule has 0 bridgehead atoms. The summed E-state index contributed by atoms with van der Waals surface area (Å²) in [5, 5.41) is 10.2. The van der Waals surface area contributed by atoms with Crippen LogP contribution in [-0.2, 0) is 6.54 Å². The van der Waals surface area contributed by atoms with Crippen LogP contribution in [0.1, 0.15) is 11.1 Å². The first-order valence-corrected chi connectivity index (χ1v) is 7.73. The summed E-state index contributed by atoms with van der Waals surface area (Å²) in [4.78, 5) is 0.0767. The van der Waals surface area contributed by atoms with E-state index >= 15 is 0 Å². The monoisotopic (exact) mass is 335 g/mol. The molecule has 2 N–H and O–H groups in total. The highest BCUT2D eigenvalue weighted by atomic mass is 32.1. The van der Waals surface area contributed by atoms with Crippen LogP contribution in [0, 0.1) is 17.1 Å². The summed E-state index contributed by atoms with van der Waals surface area (Å²) in [6, 6.07) is 16.3. The van der Waals surface area contributed by atoms with Crippen LogP contribution in [0.5, 0.6) is 0 Å². The predicted molar refractivity (Wildman–Crippen MR) is 97.8 cm³/mol. The number of para-hydroxylation sites is 1. The molecule has 0 fully saturated rings. The average Bonchev–Trinajstić information content (AvgIpc) is 2.92. The van der Waals surface area contributed by atoms with Gasteiger partial charge in [-0.15, -0.1) is 0 Å². The Balaban J connectivity index is 2.08. The van der Waals surface area contributed by atoms with Crippen LogP contribution in [0.15, 0.2) is 60.3 Å². The molecular formula is C19H14FN3S. The number of halogens is 1. The van der Waals surface area contributed by atoms with Gasteiger partial charge in [-0.3, -0.25) is 0 Å². The third kappa shape index (κ3) is 3.19. The first kappa shape index (κ1) is 15.9. The number of rotatable bonds is 4. The van der Waals surface area contributed by atoms with Crippen molar-refractivity contribution in [2.75, 3.05) is 0 Å². The van der Waals surface area contributed by atoms with E-state index in [9.17, 15) is 4.39 Å². The van der Waals surface area contributed by atoms with E-state index in [1.807, 2.05) is 36.5 Å². The molecule has 118 valence electrons. The summed E-state index contributed by atoms with van der Waals surface area (Å²) in [6.07, 6.45) is 3.65. The topological polar surface area (TPSA) is 54.7 Å². The van der Waals surface area contributed by atoms with Crippen LogP contribution in [0.3, 0.4) is 0 Å². The van der Waals surface area contributed by atoms with Crippen molar-refractivity contribution in [2.24, 2.45) is 5.73 Å². The summed E-state index contributed by atoms with van der Waals surface area (Å²) >= 11 is 4.91. The SMILES string of the molecule is N#CC(=Cc1cn(Cc2ccc(F)cc2)c2ccccc12)C(N)=S. The largest absolute Gasteiger partial charge is 0.389 e. The number of benzene rings is 2. The van der Waals surface area contributed by atoms with Crippen LogP contribution in [0.2, 0.25) is 0 Å². The lowest BCUT2D eigenvalue weighted by atomic mass is 10.1. The molecule has 0 saturated heterocycles. The minimum Gasteiger partial charge on any atom is -0.389 e. The summed E-state index contributed by atoms with van der Waals surface area (Å²) in [7, 11) is 0. The molecule has 0 aliphatic carbocycles. The van der Waals surface area contributed by atoms with Gasteiger partial charge in [-0.05, 0) is 29.8 Å². The lowest BCUT2D eigenvalue weighted by molar-refractivity contribution is 0.626. The average molecular weight is 335 g/mol. The maximum Gasteiger partial charge on any atom is 0.123 e. The number of hydrogen-bond acceptors (Lipinski definition) is 2. The Morgan fingerprint density at radius 2 is 1.92 bits per heavy atom. The van der Waals surface area contributed by atoms with Gasteiger partial charge in [0.25, 0.3) is 0 Å². The Kier molecular flexibility index (Phi) is 4.41. The van der Waals surface area contributed by atoms with Crippen LogP contribution in [0.4, 0.5) is 4.39 Å². The molecule has 0 atom stereocenters. The molecule has 0 aliphatic heterocycles. The first-order chi connectivity index (χ1) is 11.6. The van der Waals surface area contributed by atoms with Crippen molar-refractivity contribution >= 4 is 34.2 Å². The van der Waals surface area contributed by atoms with E-state index < -0.39 is 0 Å². The Bertz CT molecular complexity index is 978. The lowest BCUT2D eigenvalue weighted by Crippen LogP contribution is -2.09. The fourth-order valence-corrected chi connectivity index (χ4v) is 2.73. The normalized spacial score (nSPS) is 11.4. The van der Waals surface area contributed by atoms with E-state index in [-0.39, 0.29) is 16.4 Å². The molecule has 0 spiro atoms. The van der Waals surface area contributed by atoms with Crippen molar-refractivity contribution < 1.29 is 4.39 Å². The maximum atomic E-state index is 13.1. The highest BCUT2D eigenvalue weighted by Crippen LogP contribution is 2.24. The van der Waals surface area contributed by atoms with Gasteiger partial charge in [0.05, 0.1) is 5.57 Å². The van der Waals surface area contributed by atoms with Gasteiger partial charge in [0, 0.05) is 29.2 Å². The fraction of sp³-hybridized carbons (Fsp3) is 0.0526. The lowest BCUT2D eigenvalue weighted by Gasteiger charge is -2.05. The molecule has 1 aromatic heterocycles. The number of aromatic nitrogens is 1. The predicted octanol–water partition coefficient (Wildman–Crippen LogP) is 4.02. The van der Waals surface area contributed by atoms with Crippen LogP contribution in [0.25, 0.3) is 17.0 Å². The van der Waals surface area contributed by atoms with Crippen LogP contribution < -0.4 is 5.73 Å². The third-order valence-corrected chi connectivity index (χ3v) is 3.99. The summed E-state index contributed by atoms with van der Waals surface area (Å²) < 4.78 is 15.1. The van der Waals surface area contributed by atoms with Crippen molar-refractivity contribution in [3.63, 3.8) is 0 Å². The fourth-order valence-electron chi connectivity index (χ4n) is 2.62. The maximum absolute atomic E-state index is 13.1. The number of thiocarbonyl (C=S) groups is 1. The molecule has 1 heterocycles. The molecule has 0 saturated carbocycles. The zero-order valence-electron chi connectivity index (χ0n) is 12.7. The number of nitrogens with two attached hydrogens (primary N) is 1. The van der Waals surface area contributed by atoms with E-state index in [1.165, 1.54) is 12.1 Å². The summed E-state index contributed by atoms with van der Waals surface area (Å²) in [5.74, 6) is -0.255. The number of hydrogen-bond donors (Lipinski definition) is 1. The summed E-state index contributed by atoms with van der Waals surface area (Å²) in [5.41, 5.74) is 8.74. The first-order valence-electron chi connectivity index (χ1n) is 7.32. The number of nitriles is 1. The van der Waals surface area contributed by atoms with Gasteiger partial charge in [-0.2, -0.15) is 5.26 Å². The quantitative estimate of drug-likeness (QED) is 0.445. The van der Waals surface area contributed by atoms with Gasteiger partial charge in [0.2, 0.25) is 0 Å². The zero-order valence-corrected chi connectivity index (χ0v) is 13.6. The van der Waals surface area contributed by atoms with Gasteiger partial charge in [-0.25, -0.2) is 4.39 Å². The molecule has 24 heavy (non-hydrogen) atoms. The van der Waals surface area contributed by atoms with Crippen molar-refractivity contribution in [3.05, 3.63) is 77.2 Å². The van der Waals surface area contributed by atoms with E-state index in [0.717, 1.165) is 22.0 Å². The molecule has 0 unspecified atom stereocenters. The standard InChI is InChI=1S/C19H14FN3S/c20-16-7-5-13(6-8-16)11-23-12-15(9-14(10-21)19(22)24)17-3-1-2-4-18(17)23/h1-9,12H,11H2,(H2,22,24). The van der Waals surface area contributed by atoms with Gasteiger partial charge in [0.15, 0.2) is 0 Å². The molecular weight excluding hydrogens is 321 g/mol. The van der Waals surface area contributed by atoms with Crippen molar-refractivity contribution in [3.8, 4) is 6.07 Å². The van der Waals surface area contributed by atoms with Crippen molar-refractivity contribution in [1.82, 2.24) is 4.57 Å². The second-order valence-electron chi connectivity index (χ2n) is 5.39. The molecule has 3 nitrogen and oxygen atoms in total. The van der Waals surface area contributed by atoms with Crippen molar-refractivity contribution in [2.45, 2.75) is 6.54 Å². The molecule has 0 radical (unpaired) electrons. The van der Waals surface area contributed by atoms with Gasteiger partial charge in [0.1, 0.15) is 16.9 Å². The molecule has 3 aromatic rings. The molecule has 3 rings (SSSR count). The molecule has 0 aliphatic rings. The van der Waals surface area contributed by atoms with Crippen molar-refractivity contribution in [1.29, 1.82) is 5.26 Å². The Labute approximate surface area is 144 Å². The van der Waals surface area contributed by atoms with Gasteiger partial charge < -0.3 is 10.3 Å². The Morgan fingerprint density at radius 1 is 1.21 bits per heavy atom. The van der Waals surface area contributed by atoms with Gasteiger partial charge in [-0.1, -0.05) is 42.5 Å². The highest BCUT2D eigenvalue weighted by Gasteiger charge is 2.09. The summed E-state index contributed by atoms with van der Waals surface area (Å²) in [6.45, 7) is 0.601. The second kappa shape index (κ2) is 6.65. The van der Waals surface area contributed by atoms with Crippen LogP contribution in [-0.4, -0.2) is 9.56 Å². The smallest absolute Gasteiger partial charge is 0.123 e. The van der Waals surface area contributed by atoms with E-state index in [1.54, 1.807) is 18.2 Å². The van der Waals surface area contributed by atoms with Crippen LogP contribution >= 0.6 is 12.2 Å². The highest BCUT2D eigenvalue weighted by molar-refractivity contribution is 7.80. The minimum absolute atomic E-state index is 0.0767. The molecule has 2 aromatic carbocycles. The third-order valence-electron chi connectivity index (χ3n) is 3.77. The minimum atomic E-state index is -0.255. The van der Waals surface area contributed by atoms with E-state index in [2.05, 4.69) is 4.57 Å². The Morgan fingerprint density at radius 3 is 2.58 bits per heavy atom. The molecule has 0 amide bonds. The van der Waals surface area contributed by atoms with E-state index in [0.29, 0.717) is 6.54 Å². The number of fused-ring (bicyclic) bond motifs is 1. The van der Waals surface area contributed by atoms with E-state index in [4.69, 9.17) is 23.2 Å². The number of nitrogens with zero attached hydrogens (tertiary/aromatic N) is 2. The zero-order chi connectivity index (χ0) is 17.1. The van der Waals surface area contributed by atoms with Gasteiger partial charge >= 0.3 is 0 Å². The Hall–Kier alpha value is -2.97. The molecule has 5 heteroatoms. The second-order valence-corrected chi connectivity index (χ2v) is 5.83.